The Hall–Kier alpha value is -2.75. The molecule has 32 heavy (non-hydrogen) atoms. The largest absolute Gasteiger partial charge is 0.467 e. The molecule has 0 aliphatic carbocycles. The number of esters is 1. The van der Waals surface area contributed by atoms with Crippen LogP contribution in [0.5, 0.6) is 0 Å². The van der Waals surface area contributed by atoms with Crippen LogP contribution < -0.4 is 10.6 Å². The van der Waals surface area contributed by atoms with Gasteiger partial charge in [-0.15, -0.1) is 11.8 Å². The molecule has 1 heterocycles. The number of rotatable bonds is 6. The number of hydrogen-bond donors (Lipinski definition) is 2. The molecule has 10 heteroatoms. The second-order valence-corrected chi connectivity index (χ2v) is 10.7. The van der Waals surface area contributed by atoms with Crippen molar-refractivity contribution in [2.24, 2.45) is 0 Å². The van der Waals surface area contributed by atoms with Gasteiger partial charge in [0.25, 0.3) is 5.91 Å². The number of amides is 3. The van der Waals surface area contributed by atoms with Crippen molar-refractivity contribution in [3.05, 3.63) is 35.4 Å². The third-order valence-corrected chi connectivity index (χ3v) is 6.76. The highest BCUT2D eigenvalue weighted by molar-refractivity contribution is 8.02. The summed E-state index contributed by atoms with van der Waals surface area (Å²) in [6, 6.07) is 4.88. The molecule has 2 unspecified atom stereocenters. The summed E-state index contributed by atoms with van der Waals surface area (Å²) in [6.45, 7) is 7.43. The number of hydrogen-bond acceptors (Lipinski definition) is 7. The van der Waals surface area contributed by atoms with Gasteiger partial charge in [0.2, 0.25) is 5.91 Å². The smallest absolute Gasteiger partial charge is 0.411 e. The van der Waals surface area contributed by atoms with Crippen LogP contribution in [0.1, 0.15) is 43.6 Å². The van der Waals surface area contributed by atoms with Gasteiger partial charge >= 0.3 is 12.1 Å². The van der Waals surface area contributed by atoms with Gasteiger partial charge in [-0.2, -0.15) is 0 Å². The summed E-state index contributed by atoms with van der Waals surface area (Å²) < 4.78 is 9.18. The minimum absolute atomic E-state index is 0.161. The van der Waals surface area contributed by atoms with Crippen molar-refractivity contribution in [2.45, 2.75) is 55.8 Å². The molecule has 1 aliphatic heterocycles. The lowest BCUT2D eigenvalue weighted by Gasteiger charge is -2.34. The molecule has 0 spiro atoms. The lowest BCUT2D eigenvalue weighted by atomic mass is 9.98. The Morgan fingerprint density at radius 1 is 1.06 bits per heavy atom. The van der Waals surface area contributed by atoms with E-state index in [9.17, 15) is 19.2 Å². The van der Waals surface area contributed by atoms with Crippen LogP contribution in [0.25, 0.3) is 0 Å². The minimum Gasteiger partial charge on any atom is -0.467 e. The third-order valence-electron chi connectivity index (χ3n) is 5.31. The van der Waals surface area contributed by atoms with E-state index in [0.717, 1.165) is 5.56 Å². The third kappa shape index (κ3) is 5.35. The van der Waals surface area contributed by atoms with Crippen molar-refractivity contribution in [3.63, 3.8) is 0 Å². The number of benzene rings is 1. The molecule has 3 amide bonds. The lowest BCUT2D eigenvalue weighted by Crippen LogP contribution is -2.59. The van der Waals surface area contributed by atoms with Crippen LogP contribution in [0.4, 0.5) is 4.79 Å². The van der Waals surface area contributed by atoms with Crippen LogP contribution in [0.15, 0.2) is 24.3 Å². The molecular weight excluding hydrogens is 434 g/mol. The molecule has 1 aromatic rings. The topological polar surface area (TPSA) is 114 Å². The van der Waals surface area contributed by atoms with Crippen molar-refractivity contribution in [1.82, 2.24) is 15.5 Å². The van der Waals surface area contributed by atoms with Crippen LogP contribution >= 0.6 is 11.8 Å². The predicted octanol–water partition coefficient (Wildman–Crippen LogP) is 1.95. The summed E-state index contributed by atoms with van der Waals surface area (Å²) in [7, 11) is 4.05. The minimum atomic E-state index is -0.970. The van der Waals surface area contributed by atoms with E-state index in [1.807, 2.05) is 27.7 Å². The zero-order valence-electron chi connectivity index (χ0n) is 19.5. The molecule has 0 saturated carbocycles. The normalized spacial score (nSPS) is 19.6. The van der Waals surface area contributed by atoms with Crippen LogP contribution in [0, 0.1) is 0 Å². The van der Waals surface area contributed by atoms with Gasteiger partial charge in [0, 0.05) is 23.8 Å². The fourth-order valence-corrected chi connectivity index (χ4v) is 5.88. The number of carbonyl (C=O) groups is 4. The molecule has 2 N–H and O–H groups in total. The Morgan fingerprint density at radius 2 is 1.66 bits per heavy atom. The highest BCUT2D eigenvalue weighted by Gasteiger charge is 2.57. The van der Waals surface area contributed by atoms with Crippen molar-refractivity contribution >= 4 is 35.6 Å². The van der Waals surface area contributed by atoms with Crippen LogP contribution in [-0.2, 0) is 25.5 Å². The highest BCUT2D eigenvalue weighted by Crippen LogP contribution is 2.51. The quantitative estimate of drug-likeness (QED) is 0.617. The second kappa shape index (κ2) is 9.81. The second-order valence-electron chi connectivity index (χ2n) is 8.46. The van der Waals surface area contributed by atoms with E-state index in [0.29, 0.717) is 5.56 Å². The van der Waals surface area contributed by atoms with Crippen molar-refractivity contribution in [1.29, 1.82) is 0 Å². The van der Waals surface area contributed by atoms with Gasteiger partial charge in [0.15, 0.2) is 0 Å². The summed E-state index contributed by atoms with van der Waals surface area (Å²) in [5.41, 5.74) is 1.22. The van der Waals surface area contributed by atoms with E-state index in [4.69, 9.17) is 9.47 Å². The van der Waals surface area contributed by atoms with Gasteiger partial charge < -0.3 is 20.1 Å². The van der Waals surface area contributed by atoms with Gasteiger partial charge in [-0.25, -0.2) is 9.59 Å². The van der Waals surface area contributed by atoms with Gasteiger partial charge in [-0.3, -0.25) is 14.5 Å². The molecule has 1 aliphatic rings. The predicted molar refractivity (Wildman–Crippen MR) is 121 cm³/mol. The molecule has 2 rings (SSSR count). The molecule has 1 saturated heterocycles. The molecule has 176 valence electrons. The van der Waals surface area contributed by atoms with E-state index in [1.54, 1.807) is 31.3 Å². The highest BCUT2D eigenvalue weighted by atomic mass is 32.2. The average molecular weight is 466 g/mol. The van der Waals surface area contributed by atoms with E-state index in [1.165, 1.54) is 30.9 Å². The molecule has 1 aromatic carbocycles. The average Bonchev–Trinajstić information content (AvgIpc) is 2.95. The van der Waals surface area contributed by atoms with Crippen LogP contribution in [-0.4, -0.2) is 71.7 Å². The van der Waals surface area contributed by atoms with Crippen molar-refractivity contribution in [3.8, 4) is 0 Å². The number of nitrogens with one attached hydrogen (secondary N) is 2. The van der Waals surface area contributed by atoms with Crippen LogP contribution in [0.3, 0.4) is 0 Å². The molecule has 0 bridgehead atoms. The van der Waals surface area contributed by atoms with Crippen molar-refractivity contribution in [2.75, 3.05) is 21.3 Å². The van der Waals surface area contributed by atoms with Crippen LogP contribution in [0.2, 0.25) is 0 Å². The van der Waals surface area contributed by atoms with E-state index < -0.39 is 39.7 Å². The van der Waals surface area contributed by atoms with Gasteiger partial charge in [-0.1, -0.05) is 12.1 Å². The molecule has 2 atom stereocenters. The Balaban J connectivity index is 2.28. The molecule has 9 nitrogen and oxygen atoms in total. The fourth-order valence-electron chi connectivity index (χ4n) is 3.99. The summed E-state index contributed by atoms with van der Waals surface area (Å²) in [6.07, 6.45) is -0.457. The van der Waals surface area contributed by atoms with Crippen molar-refractivity contribution < 1.29 is 28.7 Å². The maximum absolute atomic E-state index is 13.3. The first kappa shape index (κ1) is 25.5. The first-order valence-corrected chi connectivity index (χ1v) is 11.0. The van der Waals surface area contributed by atoms with Gasteiger partial charge in [0.1, 0.15) is 12.1 Å². The SMILES string of the molecule is CNC(=O)c1ccc(CC(NC(=O)C2N(C(=O)OC)C(C)(C)SC2(C)C)C(=O)OC)cc1. The molecule has 1 fully saturated rings. The van der Waals surface area contributed by atoms with E-state index >= 15 is 0 Å². The fraction of sp³-hybridized carbons (Fsp3) is 0.545. The number of thioether (sulfide) groups is 1. The summed E-state index contributed by atoms with van der Waals surface area (Å²) in [5, 5.41) is 5.30. The summed E-state index contributed by atoms with van der Waals surface area (Å²) in [5.74, 6) is -1.31. The Bertz CT molecular complexity index is 884. The van der Waals surface area contributed by atoms with Gasteiger partial charge in [0.05, 0.1) is 19.1 Å². The number of nitrogens with zero attached hydrogens (tertiary/aromatic N) is 1. The number of ether oxygens (including phenoxy) is 2. The standard InChI is InChI=1S/C22H31N3O6S/c1-21(2)16(25(20(29)31-7)22(3,4)32-21)18(27)24-15(19(28)30-6)12-13-8-10-14(11-9-13)17(26)23-5/h8-11,15-16H,12H2,1-7H3,(H,23,26)(H,24,27). The van der Waals surface area contributed by atoms with E-state index in [2.05, 4.69) is 10.6 Å². The van der Waals surface area contributed by atoms with E-state index in [-0.39, 0.29) is 12.3 Å². The number of carbonyl (C=O) groups excluding carboxylic acids is 4. The lowest BCUT2D eigenvalue weighted by molar-refractivity contribution is -0.145. The van der Waals surface area contributed by atoms with Gasteiger partial charge in [-0.05, 0) is 45.4 Å². The Labute approximate surface area is 192 Å². The maximum Gasteiger partial charge on any atom is 0.411 e. The first-order valence-electron chi connectivity index (χ1n) is 10.1. The molecule has 0 radical (unpaired) electrons. The Morgan fingerprint density at radius 3 is 2.16 bits per heavy atom. The molecule has 0 aromatic heterocycles. The summed E-state index contributed by atoms with van der Waals surface area (Å²) >= 11 is 1.48. The first-order chi connectivity index (χ1) is 14.9. The zero-order chi connectivity index (χ0) is 24.3. The Kier molecular flexibility index (Phi) is 7.82. The molecular formula is C22H31N3O6S. The maximum atomic E-state index is 13.3. The monoisotopic (exact) mass is 465 g/mol. The zero-order valence-corrected chi connectivity index (χ0v) is 20.3. The summed E-state index contributed by atoms with van der Waals surface area (Å²) in [4.78, 5) is 50.7. The number of methoxy groups -OCH3 is 2.